The predicted octanol–water partition coefficient (Wildman–Crippen LogP) is 2.94. The smallest absolute Gasteiger partial charge is 0.249 e. The highest BCUT2D eigenvalue weighted by atomic mass is 19.3. The van der Waals surface area contributed by atoms with E-state index in [0.29, 0.717) is 11.7 Å². The Morgan fingerprint density at radius 2 is 2.11 bits per heavy atom. The summed E-state index contributed by atoms with van der Waals surface area (Å²) in [6.07, 6.45) is 3.30. The van der Waals surface area contributed by atoms with Gasteiger partial charge in [-0.2, -0.15) is 0 Å². The van der Waals surface area contributed by atoms with Crippen molar-refractivity contribution >= 4 is 11.7 Å². The Balaban J connectivity index is 1.62. The number of pyridine rings is 1. The number of nitrogens with one attached hydrogen (secondary N) is 1. The van der Waals surface area contributed by atoms with E-state index in [1.807, 2.05) is 12.1 Å². The normalized spacial score (nSPS) is 22.3. The van der Waals surface area contributed by atoms with Crippen LogP contribution >= 0.6 is 0 Å². The lowest BCUT2D eigenvalue weighted by Gasteiger charge is -2.33. The van der Waals surface area contributed by atoms with Crippen molar-refractivity contribution in [3.05, 3.63) is 23.9 Å². The van der Waals surface area contributed by atoms with Crippen LogP contribution in [0.15, 0.2) is 18.3 Å². The van der Waals surface area contributed by atoms with Gasteiger partial charge < -0.3 is 5.32 Å². The van der Waals surface area contributed by atoms with Gasteiger partial charge in [-0.05, 0) is 36.5 Å². The van der Waals surface area contributed by atoms with Crippen LogP contribution in [0.1, 0.15) is 37.2 Å². The number of nitrogens with zero attached hydrogens (tertiary/aromatic N) is 1. The van der Waals surface area contributed by atoms with Gasteiger partial charge in [-0.25, -0.2) is 13.8 Å². The molecule has 96 valence electrons. The number of anilines is 1. The van der Waals surface area contributed by atoms with Gasteiger partial charge in [-0.15, -0.1) is 0 Å². The Morgan fingerprint density at radius 1 is 1.39 bits per heavy atom. The lowest BCUT2D eigenvalue weighted by atomic mass is 9.81. The summed E-state index contributed by atoms with van der Waals surface area (Å²) >= 11 is 0. The summed E-state index contributed by atoms with van der Waals surface area (Å²) in [5, 5.41) is 2.62. The lowest BCUT2D eigenvalue weighted by Crippen LogP contribution is -2.42. The number of alkyl halides is 2. The second-order valence-electron chi connectivity index (χ2n) is 5.20. The summed E-state index contributed by atoms with van der Waals surface area (Å²) in [6, 6.07) is 3.77. The molecule has 3 rings (SSSR count). The summed E-state index contributed by atoms with van der Waals surface area (Å²) in [6.45, 7) is 0. The van der Waals surface area contributed by atoms with Gasteiger partial charge in [0.25, 0.3) is 0 Å². The maximum absolute atomic E-state index is 12.7. The van der Waals surface area contributed by atoms with Crippen molar-refractivity contribution in [3.63, 3.8) is 0 Å². The van der Waals surface area contributed by atoms with E-state index in [9.17, 15) is 13.6 Å². The molecular formula is C13H14F2N2O. The quantitative estimate of drug-likeness (QED) is 0.898. The first-order valence-corrected chi connectivity index (χ1v) is 6.18. The number of hydrogen-bond donors (Lipinski definition) is 1. The molecule has 1 amide bonds. The number of aromatic nitrogens is 1. The first kappa shape index (κ1) is 11.6. The Hall–Kier alpha value is -1.52. The molecule has 0 spiro atoms. The van der Waals surface area contributed by atoms with Gasteiger partial charge in [0.2, 0.25) is 11.8 Å². The van der Waals surface area contributed by atoms with Gasteiger partial charge in [-0.3, -0.25) is 4.79 Å². The molecule has 2 fully saturated rings. The fourth-order valence-electron chi connectivity index (χ4n) is 2.26. The second-order valence-corrected chi connectivity index (χ2v) is 5.20. The topological polar surface area (TPSA) is 42.0 Å². The van der Waals surface area contributed by atoms with Gasteiger partial charge in [0.1, 0.15) is 5.82 Å². The fraction of sp³-hybridized carbons (Fsp3) is 0.538. The highest BCUT2D eigenvalue weighted by Gasteiger charge is 2.48. The molecule has 2 aliphatic carbocycles. The van der Waals surface area contributed by atoms with Crippen LogP contribution < -0.4 is 5.32 Å². The van der Waals surface area contributed by atoms with Gasteiger partial charge in [0, 0.05) is 25.0 Å². The molecule has 1 aromatic rings. The van der Waals surface area contributed by atoms with Crippen LogP contribution in [-0.4, -0.2) is 16.8 Å². The molecule has 2 aliphatic rings. The van der Waals surface area contributed by atoms with Crippen molar-refractivity contribution in [2.24, 2.45) is 5.92 Å². The minimum Gasteiger partial charge on any atom is -0.310 e. The molecule has 18 heavy (non-hydrogen) atoms. The molecule has 0 saturated heterocycles. The summed E-state index contributed by atoms with van der Waals surface area (Å²) in [5.74, 6) is -2.53. The highest BCUT2D eigenvalue weighted by Crippen LogP contribution is 2.43. The molecule has 3 nitrogen and oxygen atoms in total. The average Bonchev–Trinajstić information content (AvgIpc) is 3.09. The van der Waals surface area contributed by atoms with Crippen LogP contribution in [0.5, 0.6) is 0 Å². The zero-order valence-electron chi connectivity index (χ0n) is 9.83. The molecule has 2 saturated carbocycles. The summed E-state index contributed by atoms with van der Waals surface area (Å²) in [7, 11) is 0. The van der Waals surface area contributed by atoms with Crippen LogP contribution in [0.25, 0.3) is 0 Å². The lowest BCUT2D eigenvalue weighted by molar-refractivity contribution is -0.145. The van der Waals surface area contributed by atoms with Crippen molar-refractivity contribution in [2.75, 3.05) is 5.32 Å². The highest BCUT2D eigenvalue weighted by molar-refractivity contribution is 5.92. The van der Waals surface area contributed by atoms with Crippen molar-refractivity contribution in [1.29, 1.82) is 0 Å². The summed E-state index contributed by atoms with van der Waals surface area (Å²) in [4.78, 5) is 15.7. The Labute approximate surface area is 104 Å². The van der Waals surface area contributed by atoms with E-state index in [2.05, 4.69) is 10.3 Å². The molecule has 0 radical (unpaired) electrons. The van der Waals surface area contributed by atoms with Crippen LogP contribution in [0, 0.1) is 5.92 Å². The predicted molar refractivity (Wildman–Crippen MR) is 62.5 cm³/mol. The zero-order valence-corrected chi connectivity index (χ0v) is 9.83. The summed E-state index contributed by atoms with van der Waals surface area (Å²) in [5.41, 5.74) is 1.17. The maximum Gasteiger partial charge on any atom is 0.249 e. The molecule has 0 atom stereocenters. The average molecular weight is 252 g/mol. The van der Waals surface area contributed by atoms with Gasteiger partial charge in [-0.1, -0.05) is 0 Å². The molecule has 0 aromatic carbocycles. The third-order valence-corrected chi connectivity index (χ3v) is 3.54. The Morgan fingerprint density at radius 3 is 2.72 bits per heavy atom. The van der Waals surface area contributed by atoms with Crippen molar-refractivity contribution < 1.29 is 13.6 Å². The minimum atomic E-state index is -2.66. The Kier molecular flexibility index (Phi) is 2.57. The largest absolute Gasteiger partial charge is 0.310 e. The number of carbonyl (C=O) groups excluding carboxylic acids is 1. The minimum absolute atomic E-state index is 0.346. The van der Waals surface area contributed by atoms with E-state index in [-0.39, 0.29) is 18.7 Å². The van der Waals surface area contributed by atoms with Crippen molar-refractivity contribution in [3.8, 4) is 0 Å². The van der Waals surface area contributed by atoms with Crippen LogP contribution in [0.4, 0.5) is 14.6 Å². The maximum atomic E-state index is 12.7. The number of amides is 1. The molecule has 0 aliphatic heterocycles. The fourth-order valence-corrected chi connectivity index (χ4v) is 2.26. The van der Waals surface area contributed by atoms with E-state index in [4.69, 9.17) is 0 Å². The standard InChI is InChI=1S/C13H14F2N2O/c14-13(15)6-10(7-13)12(18)17-11-5-9(3-4-16-11)8-1-2-8/h3-5,8,10H,1-2,6-7H2,(H,16,17,18). The molecule has 0 bridgehead atoms. The van der Waals surface area contributed by atoms with Crippen LogP contribution in [0.3, 0.4) is 0 Å². The van der Waals surface area contributed by atoms with Crippen LogP contribution in [0.2, 0.25) is 0 Å². The number of carbonyl (C=O) groups is 1. The van der Waals surface area contributed by atoms with Crippen molar-refractivity contribution in [2.45, 2.75) is 37.5 Å². The summed E-state index contributed by atoms with van der Waals surface area (Å²) < 4.78 is 25.3. The molecule has 1 heterocycles. The van der Waals surface area contributed by atoms with Crippen molar-refractivity contribution in [1.82, 2.24) is 4.98 Å². The van der Waals surface area contributed by atoms with Gasteiger partial charge in [0.15, 0.2) is 0 Å². The van der Waals surface area contributed by atoms with Gasteiger partial charge in [0.05, 0.1) is 0 Å². The monoisotopic (exact) mass is 252 g/mol. The molecule has 5 heteroatoms. The van der Waals surface area contributed by atoms with E-state index >= 15 is 0 Å². The van der Waals surface area contributed by atoms with E-state index in [0.717, 1.165) is 0 Å². The van der Waals surface area contributed by atoms with Gasteiger partial charge >= 0.3 is 0 Å². The second kappa shape index (κ2) is 4.00. The zero-order chi connectivity index (χ0) is 12.8. The number of rotatable bonds is 3. The number of hydrogen-bond acceptors (Lipinski definition) is 2. The number of halogens is 2. The third-order valence-electron chi connectivity index (χ3n) is 3.54. The SMILES string of the molecule is O=C(Nc1cc(C2CC2)ccn1)C1CC(F)(F)C1. The van der Waals surface area contributed by atoms with E-state index in [1.165, 1.54) is 18.4 Å². The van der Waals surface area contributed by atoms with Crippen LogP contribution in [-0.2, 0) is 4.79 Å². The first-order chi connectivity index (χ1) is 8.53. The van der Waals surface area contributed by atoms with E-state index in [1.54, 1.807) is 6.20 Å². The Bertz CT molecular complexity index is 478. The van der Waals surface area contributed by atoms with E-state index < -0.39 is 11.8 Å². The third kappa shape index (κ3) is 2.35. The molecular weight excluding hydrogens is 238 g/mol. The molecule has 1 N–H and O–H groups in total. The molecule has 1 aromatic heterocycles. The molecule has 0 unspecified atom stereocenters. The first-order valence-electron chi connectivity index (χ1n) is 6.18.